The van der Waals surface area contributed by atoms with Crippen LogP contribution in [0.4, 0.5) is 4.39 Å². The molecule has 0 aliphatic carbocycles. The molecule has 0 unspecified atom stereocenters. The molecule has 0 bridgehead atoms. The van der Waals surface area contributed by atoms with Crippen LogP contribution in [-0.2, 0) is 0 Å². The number of aryl methyl sites for hydroxylation is 1. The minimum atomic E-state index is -1.39. The van der Waals surface area contributed by atoms with Gasteiger partial charge in [-0.2, -0.15) is 0 Å². The fourth-order valence-corrected chi connectivity index (χ4v) is 4.38. The number of allylic oxidation sites excluding steroid dienone is 2. The summed E-state index contributed by atoms with van der Waals surface area (Å²) in [5.41, 5.74) is 3.23. The van der Waals surface area contributed by atoms with E-state index in [0.29, 0.717) is 0 Å². The summed E-state index contributed by atoms with van der Waals surface area (Å²) in [6.07, 6.45) is 4.24. The fraction of sp³-hybridized carbons (Fsp3) is 0.294. The number of halogens is 1. The molecular weight excluding hydrogens is 265 g/mol. The highest BCUT2D eigenvalue weighted by molar-refractivity contribution is 6.84. The first-order valence-electron chi connectivity index (χ1n) is 6.84. The summed E-state index contributed by atoms with van der Waals surface area (Å²) in [5.74, 6) is -0.211. The summed E-state index contributed by atoms with van der Waals surface area (Å²) in [7, 11) is -1.39. The molecule has 0 amide bonds. The lowest BCUT2D eigenvalue weighted by atomic mass is 9.97. The molecule has 20 heavy (non-hydrogen) atoms. The molecule has 0 saturated carbocycles. The third kappa shape index (κ3) is 2.78. The third-order valence-corrected chi connectivity index (χ3v) is 5.80. The lowest BCUT2D eigenvalue weighted by molar-refractivity contribution is -0.418. The van der Waals surface area contributed by atoms with Gasteiger partial charge in [0.05, 0.1) is 20.6 Å². The predicted molar refractivity (Wildman–Crippen MR) is 86.0 cm³/mol. The Hall–Kier alpha value is -1.61. The maximum atomic E-state index is 13.5. The molecule has 1 aliphatic rings. The van der Waals surface area contributed by atoms with E-state index in [2.05, 4.69) is 45.6 Å². The first kappa shape index (κ1) is 14.8. The third-order valence-electron chi connectivity index (χ3n) is 3.66. The highest BCUT2D eigenvalue weighted by Gasteiger charge is 2.27. The van der Waals surface area contributed by atoms with E-state index in [-0.39, 0.29) is 5.82 Å². The predicted octanol–water partition coefficient (Wildman–Crippen LogP) is 4.45. The van der Waals surface area contributed by atoms with Gasteiger partial charge in [-0.25, -0.2) is 4.39 Å². The number of benzene rings is 1. The van der Waals surface area contributed by atoms with Crippen molar-refractivity contribution in [2.75, 3.05) is 0 Å². The van der Waals surface area contributed by atoms with Crippen molar-refractivity contribution >= 4 is 14.8 Å². The lowest BCUT2D eigenvalue weighted by Gasteiger charge is -2.29. The van der Waals surface area contributed by atoms with Crippen molar-refractivity contribution in [3.8, 4) is 0 Å². The number of hydrogen-bond donors (Lipinski definition) is 0. The molecular formula is C17H22FNSi. The molecule has 0 saturated heterocycles. The molecule has 0 fully saturated rings. The molecule has 0 atom stereocenters. The average molecular weight is 287 g/mol. The standard InChI is InChI=1S/C17H22FNSi/c1-12-7-8-14(18)10-15(12)16-9-13(2)17(11-19(16)3)20(4,5)6/h7-11H,3H2,1-2,4-6H3. The van der Waals surface area contributed by atoms with E-state index in [1.807, 2.05) is 17.6 Å². The van der Waals surface area contributed by atoms with E-state index in [4.69, 9.17) is 0 Å². The Bertz CT molecular complexity index is 620. The van der Waals surface area contributed by atoms with Crippen LogP contribution in [0, 0.1) is 18.8 Å². The normalized spacial score (nSPS) is 16.1. The molecule has 106 valence electrons. The van der Waals surface area contributed by atoms with Crippen molar-refractivity contribution in [3.05, 3.63) is 64.2 Å². The van der Waals surface area contributed by atoms with Crippen molar-refractivity contribution in [1.29, 1.82) is 0 Å². The second-order valence-corrected chi connectivity index (χ2v) is 11.5. The highest BCUT2D eigenvalue weighted by Crippen LogP contribution is 2.32. The SMILES string of the molecule is C=[N+]1C=C([Si](C)(C)C)C(C)=C[C-]1c1cc(F)ccc1C. The zero-order chi connectivity index (χ0) is 15.1. The van der Waals surface area contributed by atoms with Gasteiger partial charge in [-0.15, -0.1) is 0 Å². The lowest BCUT2D eigenvalue weighted by Crippen LogP contribution is -2.30. The monoisotopic (exact) mass is 287 g/mol. The topological polar surface area (TPSA) is 3.01 Å². The number of rotatable bonds is 2. The largest absolute Gasteiger partial charge is 0.255 e. The van der Waals surface area contributed by atoms with Crippen LogP contribution < -0.4 is 0 Å². The fourth-order valence-electron chi connectivity index (χ4n) is 2.58. The minimum Gasteiger partial charge on any atom is -0.255 e. The smallest absolute Gasteiger partial charge is 0.147 e. The maximum absolute atomic E-state index is 13.5. The van der Waals surface area contributed by atoms with Crippen molar-refractivity contribution in [2.45, 2.75) is 33.5 Å². The minimum absolute atomic E-state index is 0.211. The highest BCUT2D eigenvalue weighted by atomic mass is 28.3. The zero-order valence-corrected chi connectivity index (χ0v) is 13.9. The molecule has 1 aromatic carbocycles. The maximum Gasteiger partial charge on any atom is 0.147 e. The second-order valence-electron chi connectivity index (χ2n) is 6.43. The van der Waals surface area contributed by atoms with E-state index in [1.54, 1.807) is 6.07 Å². The summed E-state index contributed by atoms with van der Waals surface area (Å²) in [5, 5.41) is 1.39. The molecule has 1 nitrogen and oxygen atoms in total. The van der Waals surface area contributed by atoms with Gasteiger partial charge in [0.1, 0.15) is 12.2 Å². The zero-order valence-electron chi connectivity index (χ0n) is 12.9. The quantitative estimate of drug-likeness (QED) is 0.429. The van der Waals surface area contributed by atoms with E-state index in [1.165, 1.54) is 16.8 Å². The first-order chi connectivity index (χ1) is 9.20. The van der Waals surface area contributed by atoms with Crippen molar-refractivity contribution in [3.63, 3.8) is 0 Å². The summed E-state index contributed by atoms with van der Waals surface area (Å²) < 4.78 is 15.4. The van der Waals surface area contributed by atoms with Gasteiger partial charge in [0, 0.05) is 0 Å². The van der Waals surface area contributed by atoms with Gasteiger partial charge >= 0.3 is 0 Å². The summed E-state index contributed by atoms with van der Waals surface area (Å²) >= 11 is 0. The van der Waals surface area contributed by atoms with Gasteiger partial charge in [-0.1, -0.05) is 56.8 Å². The Morgan fingerprint density at radius 2 is 1.85 bits per heavy atom. The molecule has 0 radical (unpaired) electrons. The number of nitrogens with zero attached hydrogens (tertiary/aromatic N) is 1. The van der Waals surface area contributed by atoms with E-state index in [0.717, 1.165) is 17.2 Å². The van der Waals surface area contributed by atoms with Crippen molar-refractivity contribution < 1.29 is 8.97 Å². The second kappa shape index (κ2) is 5.06. The van der Waals surface area contributed by atoms with Crippen molar-refractivity contribution in [1.82, 2.24) is 0 Å². The molecule has 0 aromatic heterocycles. The van der Waals surface area contributed by atoms with Crippen LogP contribution in [0.1, 0.15) is 18.1 Å². The van der Waals surface area contributed by atoms with Gasteiger partial charge in [-0.3, -0.25) is 4.58 Å². The van der Waals surface area contributed by atoms with E-state index >= 15 is 0 Å². The average Bonchev–Trinajstić information content (AvgIpc) is 2.33. The van der Waals surface area contributed by atoms with Crippen LogP contribution >= 0.6 is 0 Å². The Morgan fingerprint density at radius 3 is 2.45 bits per heavy atom. The molecule has 1 aliphatic heterocycles. The van der Waals surface area contributed by atoms with Gasteiger partial charge in [0.15, 0.2) is 0 Å². The van der Waals surface area contributed by atoms with Gasteiger partial charge in [-0.05, 0) is 22.9 Å². The Morgan fingerprint density at radius 1 is 1.20 bits per heavy atom. The van der Waals surface area contributed by atoms with Gasteiger partial charge in [0.25, 0.3) is 0 Å². The van der Waals surface area contributed by atoms with Crippen LogP contribution in [0.15, 0.2) is 41.2 Å². The van der Waals surface area contributed by atoms with Gasteiger partial charge < -0.3 is 0 Å². The summed E-state index contributed by atoms with van der Waals surface area (Å²) in [4.78, 5) is 0. The summed E-state index contributed by atoms with van der Waals surface area (Å²) in [6.45, 7) is 15.2. The molecule has 2 rings (SSSR count). The van der Waals surface area contributed by atoms with Crippen LogP contribution in [0.2, 0.25) is 19.6 Å². The Labute approximate surface area is 122 Å². The summed E-state index contributed by atoms with van der Waals surface area (Å²) in [6, 6.07) is 5.85. The molecule has 1 heterocycles. The van der Waals surface area contributed by atoms with Gasteiger partial charge in [0.2, 0.25) is 0 Å². The van der Waals surface area contributed by atoms with Crippen LogP contribution in [-0.4, -0.2) is 19.4 Å². The molecule has 0 spiro atoms. The first-order valence-corrected chi connectivity index (χ1v) is 10.3. The Kier molecular flexibility index (Phi) is 3.74. The molecule has 0 N–H and O–H groups in total. The molecule has 1 aromatic rings. The van der Waals surface area contributed by atoms with Crippen LogP contribution in [0.3, 0.4) is 0 Å². The van der Waals surface area contributed by atoms with Crippen LogP contribution in [0.25, 0.3) is 0 Å². The van der Waals surface area contributed by atoms with Crippen molar-refractivity contribution in [2.24, 2.45) is 0 Å². The Balaban J connectivity index is 2.46. The van der Waals surface area contributed by atoms with E-state index < -0.39 is 8.07 Å². The van der Waals surface area contributed by atoms with E-state index in [9.17, 15) is 4.39 Å². The number of hydrogen-bond acceptors (Lipinski definition) is 0. The van der Waals surface area contributed by atoms with Crippen LogP contribution in [0.5, 0.6) is 0 Å². The molecule has 3 heteroatoms.